The zero-order valence-corrected chi connectivity index (χ0v) is 8.15. The lowest BCUT2D eigenvalue weighted by Crippen LogP contribution is -1.96. The highest BCUT2D eigenvalue weighted by molar-refractivity contribution is 6.40. The number of imidazole rings is 1. The van der Waals surface area contributed by atoms with Crippen LogP contribution in [0.3, 0.4) is 0 Å². The molecular formula is C8H10Cl2N2. The molecule has 2 rings (SSSR count). The van der Waals surface area contributed by atoms with Crippen molar-refractivity contribution < 1.29 is 0 Å². The van der Waals surface area contributed by atoms with Crippen LogP contribution in [-0.4, -0.2) is 9.55 Å². The Bertz CT molecular complexity index is 279. The van der Waals surface area contributed by atoms with Gasteiger partial charge in [0.1, 0.15) is 5.15 Å². The SMILES string of the molecule is Clc1ncn(CCC2CC2)c1Cl. The lowest BCUT2D eigenvalue weighted by atomic mass is 10.3. The van der Waals surface area contributed by atoms with Crippen molar-refractivity contribution in [2.45, 2.75) is 25.8 Å². The van der Waals surface area contributed by atoms with Gasteiger partial charge in [-0.2, -0.15) is 0 Å². The normalized spacial score (nSPS) is 16.8. The summed E-state index contributed by atoms with van der Waals surface area (Å²) in [7, 11) is 0. The van der Waals surface area contributed by atoms with E-state index in [1.54, 1.807) is 6.33 Å². The van der Waals surface area contributed by atoms with Crippen LogP contribution >= 0.6 is 23.2 Å². The molecule has 1 aliphatic rings. The molecule has 0 bridgehead atoms. The summed E-state index contributed by atoms with van der Waals surface area (Å²) in [5.74, 6) is 0.919. The molecule has 66 valence electrons. The van der Waals surface area contributed by atoms with Gasteiger partial charge >= 0.3 is 0 Å². The largest absolute Gasteiger partial charge is 0.320 e. The Morgan fingerprint density at radius 2 is 2.25 bits per heavy atom. The molecule has 0 unspecified atom stereocenters. The summed E-state index contributed by atoms with van der Waals surface area (Å²) in [6.07, 6.45) is 5.65. The third-order valence-electron chi connectivity index (χ3n) is 2.21. The van der Waals surface area contributed by atoms with Gasteiger partial charge in [-0.25, -0.2) is 4.98 Å². The van der Waals surface area contributed by atoms with Crippen LogP contribution in [0.2, 0.25) is 10.3 Å². The van der Waals surface area contributed by atoms with E-state index in [9.17, 15) is 0 Å². The van der Waals surface area contributed by atoms with Gasteiger partial charge in [-0.3, -0.25) is 0 Å². The van der Waals surface area contributed by atoms with Crippen LogP contribution in [0.15, 0.2) is 6.33 Å². The summed E-state index contributed by atoms with van der Waals surface area (Å²) < 4.78 is 1.90. The van der Waals surface area contributed by atoms with Crippen molar-refractivity contribution >= 4 is 23.2 Å². The van der Waals surface area contributed by atoms with E-state index in [1.165, 1.54) is 19.3 Å². The summed E-state index contributed by atoms with van der Waals surface area (Å²) in [6.45, 7) is 0.948. The molecule has 0 aliphatic heterocycles. The minimum absolute atomic E-state index is 0.410. The topological polar surface area (TPSA) is 17.8 Å². The Morgan fingerprint density at radius 3 is 2.75 bits per heavy atom. The predicted octanol–water partition coefficient (Wildman–Crippen LogP) is 2.99. The Hall–Kier alpha value is -0.210. The van der Waals surface area contributed by atoms with E-state index in [-0.39, 0.29) is 0 Å². The average Bonchev–Trinajstić information content (AvgIpc) is 2.82. The zero-order valence-electron chi connectivity index (χ0n) is 6.63. The number of rotatable bonds is 3. The highest BCUT2D eigenvalue weighted by Crippen LogP contribution is 2.33. The molecule has 12 heavy (non-hydrogen) atoms. The molecule has 0 atom stereocenters. The quantitative estimate of drug-likeness (QED) is 0.741. The number of hydrogen-bond acceptors (Lipinski definition) is 1. The van der Waals surface area contributed by atoms with Crippen molar-refractivity contribution in [3.8, 4) is 0 Å². The fourth-order valence-corrected chi connectivity index (χ4v) is 1.56. The molecule has 0 radical (unpaired) electrons. The van der Waals surface area contributed by atoms with Gasteiger partial charge < -0.3 is 4.57 Å². The Labute approximate surface area is 81.5 Å². The number of aromatic nitrogens is 2. The first-order valence-electron chi connectivity index (χ1n) is 4.13. The van der Waals surface area contributed by atoms with Crippen LogP contribution < -0.4 is 0 Å². The standard InChI is InChI=1S/C8H10Cl2N2/c9-7-8(10)12(5-11-7)4-3-6-1-2-6/h5-6H,1-4H2. The summed E-state index contributed by atoms with van der Waals surface area (Å²) >= 11 is 11.6. The van der Waals surface area contributed by atoms with Crippen molar-refractivity contribution in [2.24, 2.45) is 5.92 Å². The third kappa shape index (κ3) is 1.75. The summed E-state index contributed by atoms with van der Waals surface area (Å²) in [5, 5.41) is 0.977. The van der Waals surface area contributed by atoms with E-state index in [2.05, 4.69) is 4.98 Å². The van der Waals surface area contributed by atoms with Crippen molar-refractivity contribution in [2.75, 3.05) is 0 Å². The molecule has 2 nitrogen and oxygen atoms in total. The molecule has 1 aliphatic carbocycles. The maximum absolute atomic E-state index is 5.88. The van der Waals surface area contributed by atoms with Crippen LogP contribution in [0.5, 0.6) is 0 Å². The molecule has 0 amide bonds. The van der Waals surface area contributed by atoms with E-state index in [4.69, 9.17) is 23.2 Å². The van der Waals surface area contributed by atoms with E-state index >= 15 is 0 Å². The second-order valence-electron chi connectivity index (χ2n) is 3.25. The average molecular weight is 205 g/mol. The number of hydrogen-bond donors (Lipinski definition) is 0. The van der Waals surface area contributed by atoms with Gasteiger partial charge in [-0.05, 0) is 12.3 Å². The second-order valence-corrected chi connectivity index (χ2v) is 3.97. The van der Waals surface area contributed by atoms with E-state index in [1.807, 2.05) is 4.57 Å². The summed E-state index contributed by atoms with van der Waals surface area (Å²) in [5.41, 5.74) is 0. The molecule has 0 saturated heterocycles. The number of halogens is 2. The number of nitrogens with zero attached hydrogens (tertiary/aromatic N) is 2. The van der Waals surface area contributed by atoms with Crippen molar-refractivity contribution in [3.63, 3.8) is 0 Å². The molecule has 1 heterocycles. The maximum atomic E-state index is 5.88. The lowest BCUT2D eigenvalue weighted by molar-refractivity contribution is 0.597. The molecule has 0 spiro atoms. The van der Waals surface area contributed by atoms with Gasteiger partial charge in [0, 0.05) is 6.54 Å². The highest BCUT2D eigenvalue weighted by atomic mass is 35.5. The van der Waals surface area contributed by atoms with Crippen molar-refractivity contribution in [1.29, 1.82) is 0 Å². The predicted molar refractivity (Wildman–Crippen MR) is 49.6 cm³/mol. The van der Waals surface area contributed by atoms with Gasteiger partial charge in [-0.15, -0.1) is 0 Å². The Morgan fingerprint density at radius 1 is 1.50 bits per heavy atom. The molecule has 1 aromatic heterocycles. The van der Waals surface area contributed by atoms with Gasteiger partial charge in [-0.1, -0.05) is 36.0 Å². The number of aryl methyl sites for hydroxylation is 1. The molecule has 1 fully saturated rings. The Balaban J connectivity index is 1.96. The smallest absolute Gasteiger partial charge is 0.166 e. The van der Waals surface area contributed by atoms with Gasteiger partial charge in [0.2, 0.25) is 0 Å². The van der Waals surface area contributed by atoms with Crippen molar-refractivity contribution in [1.82, 2.24) is 9.55 Å². The fraction of sp³-hybridized carbons (Fsp3) is 0.625. The molecular weight excluding hydrogens is 195 g/mol. The zero-order chi connectivity index (χ0) is 8.55. The van der Waals surface area contributed by atoms with Gasteiger partial charge in [0.05, 0.1) is 6.33 Å². The molecule has 0 aromatic carbocycles. The Kier molecular flexibility index (Phi) is 2.28. The second kappa shape index (κ2) is 3.27. The fourth-order valence-electron chi connectivity index (χ4n) is 1.23. The van der Waals surface area contributed by atoms with Crippen LogP contribution in [0.1, 0.15) is 19.3 Å². The van der Waals surface area contributed by atoms with Crippen LogP contribution in [0.25, 0.3) is 0 Å². The molecule has 1 saturated carbocycles. The first kappa shape index (κ1) is 8.39. The summed E-state index contributed by atoms with van der Waals surface area (Å²) in [6, 6.07) is 0. The van der Waals surface area contributed by atoms with E-state index in [0.29, 0.717) is 10.3 Å². The molecule has 1 aromatic rings. The molecule has 4 heteroatoms. The van der Waals surface area contributed by atoms with Gasteiger partial charge in [0.25, 0.3) is 0 Å². The third-order valence-corrected chi connectivity index (χ3v) is 2.98. The highest BCUT2D eigenvalue weighted by Gasteiger charge is 2.21. The van der Waals surface area contributed by atoms with Crippen molar-refractivity contribution in [3.05, 3.63) is 16.6 Å². The molecule has 0 N–H and O–H groups in total. The maximum Gasteiger partial charge on any atom is 0.166 e. The first-order chi connectivity index (χ1) is 5.77. The van der Waals surface area contributed by atoms with Crippen LogP contribution in [0, 0.1) is 5.92 Å². The monoisotopic (exact) mass is 204 g/mol. The van der Waals surface area contributed by atoms with Crippen LogP contribution in [0.4, 0.5) is 0 Å². The minimum atomic E-state index is 0.410. The van der Waals surface area contributed by atoms with E-state index in [0.717, 1.165) is 12.5 Å². The minimum Gasteiger partial charge on any atom is -0.320 e. The van der Waals surface area contributed by atoms with Gasteiger partial charge in [0.15, 0.2) is 5.15 Å². The van der Waals surface area contributed by atoms with E-state index < -0.39 is 0 Å². The summed E-state index contributed by atoms with van der Waals surface area (Å²) in [4.78, 5) is 3.91. The lowest BCUT2D eigenvalue weighted by Gasteiger charge is -2.01. The first-order valence-corrected chi connectivity index (χ1v) is 4.89. The van der Waals surface area contributed by atoms with Crippen LogP contribution in [-0.2, 0) is 6.54 Å².